The Morgan fingerprint density at radius 3 is 2.65 bits per heavy atom. The molecule has 1 N–H and O–H groups in total. The monoisotopic (exact) mass is 315 g/mol. The third kappa shape index (κ3) is 3.91. The van der Waals surface area contributed by atoms with Crippen LogP contribution in [0.15, 0.2) is 24.3 Å². The van der Waals surface area contributed by atoms with Gasteiger partial charge in [0.15, 0.2) is 0 Å². The van der Waals surface area contributed by atoms with Crippen LogP contribution in [0.5, 0.6) is 0 Å². The number of carbonyl (C=O) groups excluding carboxylic acids is 2. The van der Waals surface area contributed by atoms with Gasteiger partial charge in [-0.1, -0.05) is 17.7 Å². The number of hydrogen-bond donors (Lipinski definition) is 1. The number of rotatable bonds is 6. The van der Waals surface area contributed by atoms with Gasteiger partial charge in [-0.15, -0.1) is 0 Å². The number of hydrogen-bond acceptors (Lipinski definition) is 3. The van der Waals surface area contributed by atoms with E-state index < -0.39 is 0 Å². The molecule has 3 rings (SSSR count). The van der Waals surface area contributed by atoms with E-state index in [-0.39, 0.29) is 17.7 Å². The predicted molar refractivity (Wildman–Crippen MR) is 90.3 cm³/mol. The van der Waals surface area contributed by atoms with Crippen LogP contribution in [-0.2, 0) is 9.59 Å². The third-order valence-corrected chi connectivity index (χ3v) is 4.78. The number of carbonyl (C=O) groups is 2. The van der Waals surface area contributed by atoms with Crippen LogP contribution in [-0.4, -0.2) is 49.4 Å². The molecular formula is C18H25N3O2. The zero-order valence-electron chi connectivity index (χ0n) is 13.9. The standard InChI is InChI=1S/C18H25N3O2/c1-13-3-5-16(6-4-13)21-12-14(11-17(21)22)18(23)19-9-10-20(2)15-7-8-15/h3-6,14-15H,7-12H2,1-2H3,(H,19,23)/t14-/m0/s1. The minimum absolute atomic E-state index is 0.00263. The van der Waals surface area contributed by atoms with E-state index in [4.69, 9.17) is 0 Å². The molecule has 5 heteroatoms. The number of benzene rings is 1. The Bertz CT molecular complexity index is 580. The van der Waals surface area contributed by atoms with Crippen molar-refractivity contribution in [2.24, 2.45) is 5.92 Å². The summed E-state index contributed by atoms with van der Waals surface area (Å²) in [5.74, 6) is -0.212. The molecule has 2 aliphatic rings. The molecule has 1 saturated heterocycles. The lowest BCUT2D eigenvalue weighted by molar-refractivity contribution is -0.126. The van der Waals surface area contributed by atoms with Gasteiger partial charge in [0, 0.05) is 37.8 Å². The van der Waals surface area contributed by atoms with E-state index in [1.807, 2.05) is 31.2 Å². The topological polar surface area (TPSA) is 52.7 Å². The quantitative estimate of drug-likeness (QED) is 0.867. The fourth-order valence-electron chi connectivity index (χ4n) is 3.06. The highest BCUT2D eigenvalue weighted by Gasteiger charge is 2.35. The first-order chi connectivity index (χ1) is 11.0. The van der Waals surface area contributed by atoms with Gasteiger partial charge in [0.05, 0.1) is 5.92 Å². The average molecular weight is 315 g/mol. The summed E-state index contributed by atoms with van der Waals surface area (Å²) in [6, 6.07) is 8.57. The molecule has 1 saturated carbocycles. The molecule has 1 heterocycles. The van der Waals surface area contributed by atoms with E-state index in [1.54, 1.807) is 4.90 Å². The Labute approximate surface area is 137 Å². The summed E-state index contributed by atoms with van der Waals surface area (Å²) in [7, 11) is 2.10. The van der Waals surface area contributed by atoms with E-state index >= 15 is 0 Å². The van der Waals surface area contributed by atoms with Gasteiger partial charge in [0.2, 0.25) is 11.8 Å². The van der Waals surface area contributed by atoms with Crippen LogP contribution in [0, 0.1) is 12.8 Å². The largest absolute Gasteiger partial charge is 0.355 e. The van der Waals surface area contributed by atoms with Crippen molar-refractivity contribution in [2.45, 2.75) is 32.2 Å². The number of aryl methyl sites for hydroxylation is 1. The fourth-order valence-corrected chi connectivity index (χ4v) is 3.06. The van der Waals surface area contributed by atoms with Gasteiger partial charge in [0.1, 0.15) is 0 Å². The van der Waals surface area contributed by atoms with Gasteiger partial charge in [-0.2, -0.15) is 0 Å². The second-order valence-corrected chi connectivity index (χ2v) is 6.74. The average Bonchev–Trinajstić information content (AvgIpc) is 3.31. The molecular weight excluding hydrogens is 290 g/mol. The van der Waals surface area contributed by atoms with Crippen molar-refractivity contribution in [1.82, 2.24) is 10.2 Å². The van der Waals surface area contributed by atoms with Crippen molar-refractivity contribution in [3.05, 3.63) is 29.8 Å². The molecule has 23 heavy (non-hydrogen) atoms. The van der Waals surface area contributed by atoms with Crippen molar-refractivity contribution in [3.8, 4) is 0 Å². The molecule has 0 bridgehead atoms. The highest BCUT2D eigenvalue weighted by Crippen LogP contribution is 2.26. The Morgan fingerprint density at radius 1 is 1.30 bits per heavy atom. The van der Waals surface area contributed by atoms with Crippen molar-refractivity contribution in [3.63, 3.8) is 0 Å². The molecule has 124 valence electrons. The summed E-state index contributed by atoms with van der Waals surface area (Å²) in [5, 5.41) is 2.98. The van der Waals surface area contributed by atoms with Gasteiger partial charge < -0.3 is 15.1 Å². The summed E-state index contributed by atoms with van der Waals surface area (Å²) in [5.41, 5.74) is 2.04. The summed E-state index contributed by atoms with van der Waals surface area (Å²) in [6.07, 6.45) is 2.85. The maximum Gasteiger partial charge on any atom is 0.227 e. The normalized spacial score (nSPS) is 21.1. The van der Waals surface area contributed by atoms with Crippen LogP contribution in [0.25, 0.3) is 0 Å². The molecule has 0 unspecified atom stereocenters. The van der Waals surface area contributed by atoms with Crippen molar-refractivity contribution < 1.29 is 9.59 Å². The van der Waals surface area contributed by atoms with Gasteiger partial charge >= 0.3 is 0 Å². The van der Waals surface area contributed by atoms with Gasteiger partial charge in [-0.25, -0.2) is 0 Å². The second kappa shape index (κ2) is 6.71. The zero-order valence-corrected chi connectivity index (χ0v) is 13.9. The minimum atomic E-state index is -0.241. The summed E-state index contributed by atoms with van der Waals surface area (Å²) in [6.45, 7) is 4.02. The van der Waals surface area contributed by atoms with E-state index in [9.17, 15) is 9.59 Å². The SMILES string of the molecule is Cc1ccc(N2C[C@@H](C(=O)NCCN(C)C3CC3)CC2=O)cc1. The van der Waals surface area contributed by atoms with Crippen LogP contribution in [0.3, 0.4) is 0 Å². The summed E-state index contributed by atoms with van der Waals surface area (Å²) in [4.78, 5) is 28.5. The molecule has 1 aliphatic heterocycles. The van der Waals surface area contributed by atoms with Crippen molar-refractivity contribution in [1.29, 1.82) is 0 Å². The van der Waals surface area contributed by atoms with Crippen molar-refractivity contribution >= 4 is 17.5 Å². The lowest BCUT2D eigenvalue weighted by Crippen LogP contribution is -2.38. The highest BCUT2D eigenvalue weighted by molar-refractivity contribution is 6.00. The van der Waals surface area contributed by atoms with E-state index in [0.29, 0.717) is 25.6 Å². The molecule has 0 spiro atoms. The first kappa shape index (κ1) is 16.0. The second-order valence-electron chi connectivity index (χ2n) is 6.74. The molecule has 2 amide bonds. The first-order valence-corrected chi connectivity index (χ1v) is 8.39. The van der Waals surface area contributed by atoms with Crippen LogP contribution in [0.4, 0.5) is 5.69 Å². The fraction of sp³-hybridized carbons (Fsp3) is 0.556. The number of amides is 2. The zero-order chi connectivity index (χ0) is 16.4. The molecule has 1 aromatic rings. The lowest BCUT2D eigenvalue weighted by atomic mass is 10.1. The van der Waals surface area contributed by atoms with Gasteiger partial charge in [0.25, 0.3) is 0 Å². The van der Waals surface area contributed by atoms with Crippen LogP contribution in [0.1, 0.15) is 24.8 Å². The predicted octanol–water partition coefficient (Wildman–Crippen LogP) is 1.56. The Morgan fingerprint density at radius 2 is 2.00 bits per heavy atom. The van der Waals surface area contributed by atoms with Gasteiger partial charge in [-0.05, 0) is 38.9 Å². The van der Waals surface area contributed by atoms with Crippen molar-refractivity contribution in [2.75, 3.05) is 31.6 Å². The lowest BCUT2D eigenvalue weighted by Gasteiger charge is -2.18. The molecule has 0 aromatic heterocycles. The molecule has 2 fully saturated rings. The molecule has 1 aliphatic carbocycles. The maximum absolute atomic E-state index is 12.3. The molecule has 1 atom stereocenters. The molecule has 1 aromatic carbocycles. The third-order valence-electron chi connectivity index (χ3n) is 4.78. The van der Waals surface area contributed by atoms with Crippen LogP contribution < -0.4 is 10.2 Å². The summed E-state index contributed by atoms with van der Waals surface area (Å²) < 4.78 is 0. The highest BCUT2D eigenvalue weighted by atomic mass is 16.2. The Hall–Kier alpha value is -1.88. The first-order valence-electron chi connectivity index (χ1n) is 8.39. The number of nitrogens with zero attached hydrogens (tertiary/aromatic N) is 2. The Kier molecular flexibility index (Phi) is 4.66. The Balaban J connectivity index is 1.50. The molecule has 5 nitrogen and oxygen atoms in total. The summed E-state index contributed by atoms with van der Waals surface area (Å²) >= 11 is 0. The van der Waals surface area contributed by atoms with Gasteiger partial charge in [-0.3, -0.25) is 9.59 Å². The van der Waals surface area contributed by atoms with Crippen LogP contribution >= 0.6 is 0 Å². The smallest absolute Gasteiger partial charge is 0.227 e. The van der Waals surface area contributed by atoms with E-state index in [2.05, 4.69) is 17.3 Å². The number of anilines is 1. The van der Waals surface area contributed by atoms with Crippen LogP contribution in [0.2, 0.25) is 0 Å². The van der Waals surface area contributed by atoms with E-state index in [1.165, 1.54) is 12.8 Å². The molecule has 0 radical (unpaired) electrons. The number of nitrogens with one attached hydrogen (secondary N) is 1. The maximum atomic E-state index is 12.3. The number of likely N-dealkylation sites (N-methyl/N-ethyl adjacent to an activating group) is 1. The van der Waals surface area contributed by atoms with E-state index in [0.717, 1.165) is 17.8 Å². The minimum Gasteiger partial charge on any atom is -0.355 e.